The number of hydrogen-bond acceptors (Lipinski definition) is 13. The summed E-state index contributed by atoms with van der Waals surface area (Å²) in [7, 11) is -4.98. The van der Waals surface area contributed by atoms with Crippen LogP contribution in [0.1, 0.15) is 97.6 Å². The molecule has 16 N–H and O–H groups in total. The molecule has 0 saturated heterocycles. The molecule has 9 amide bonds. The van der Waals surface area contributed by atoms with Crippen LogP contribution in [0.3, 0.4) is 0 Å². The zero-order chi connectivity index (χ0) is 55.3. The summed E-state index contributed by atoms with van der Waals surface area (Å²) in [5.41, 5.74) is 17.6. The van der Waals surface area contributed by atoms with Gasteiger partial charge in [-0.15, -0.1) is 0 Å². The molecule has 25 nitrogen and oxygen atoms in total. The molecule has 0 bridgehead atoms. The van der Waals surface area contributed by atoms with Gasteiger partial charge in [0, 0.05) is 18.8 Å². The molecule has 2 aromatic carbocycles. The fourth-order valence-corrected chi connectivity index (χ4v) is 7.65. The third kappa shape index (κ3) is 23.0. The smallest absolute Gasteiger partial charge is 0.481 e. The van der Waals surface area contributed by atoms with Crippen LogP contribution in [0, 0.1) is 17.8 Å². The maximum absolute atomic E-state index is 14.6. The van der Waals surface area contributed by atoms with Crippen molar-refractivity contribution in [1.82, 2.24) is 37.2 Å². The van der Waals surface area contributed by atoms with E-state index in [4.69, 9.17) is 22.3 Å². The van der Waals surface area contributed by atoms with Crippen molar-refractivity contribution in [2.24, 2.45) is 35.0 Å². The van der Waals surface area contributed by atoms with Gasteiger partial charge in [-0.3, -0.25) is 57.7 Å². The van der Waals surface area contributed by atoms with Gasteiger partial charge in [0.25, 0.3) is 0 Å². The first-order chi connectivity index (χ1) is 34.0. The Hall–Kier alpha value is -6.95. The maximum atomic E-state index is 14.6. The Morgan fingerprint density at radius 3 is 1.64 bits per heavy atom. The van der Waals surface area contributed by atoms with Crippen LogP contribution in [0.2, 0.25) is 0 Å². The highest BCUT2D eigenvalue weighted by Gasteiger charge is 2.37. The molecule has 0 aliphatic carbocycles. The third-order valence-electron chi connectivity index (χ3n) is 11.1. The monoisotopic (exact) mass is 1050 g/mol. The van der Waals surface area contributed by atoms with Crippen molar-refractivity contribution in [2.75, 3.05) is 6.54 Å². The molecule has 2 rings (SSSR count). The molecule has 0 saturated carbocycles. The highest BCUT2D eigenvalue weighted by molar-refractivity contribution is 7.46. The van der Waals surface area contributed by atoms with Crippen molar-refractivity contribution < 1.29 is 71.9 Å². The van der Waals surface area contributed by atoms with Crippen molar-refractivity contribution in [1.29, 1.82) is 0 Å². The molecule has 2 aromatic rings. The molecule has 0 heterocycles. The molecule has 0 spiro atoms. The Morgan fingerprint density at radius 1 is 0.616 bits per heavy atom. The molecule has 8 atom stereocenters. The van der Waals surface area contributed by atoms with Crippen molar-refractivity contribution in [3.63, 3.8) is 0 Å². The number of carbonyl (C=O) groups excluding carboxylic acids is 9. The van der Waals surface area contributed by atoms with Crippen molar-refractivity contribution in [2.45, 2.75) is 135 Å². The van der Waals surface area contributed by atoms with Gasteiger partial charge in [-0.25, -0.2) is 4.57 Å². The Bertz CT molecular complexity index is 2300. The topological polar surface area (TPSA) is 420 Å². The lowest BCUT2D eigenvalue weighted by Crippen LogP contribution is -2.61. The lowest BCUT2D eigenvalue weighted by molar-refractivity contribution is -0.137. The van der Waals surface area contributed by atoms with E-state index in [-0.39, 0.29) is 42.4 Å². The molecule has 0 aliphatic rings. The van der Waals surface area contributed by atoms with Gasteiger partial charge in [0.2, 0.25) is 53.2 Å². The van der Waals surface area contributed by atoms with Crippen LogP contribution in [-0.4, -0.2) is 123 Å². The minimum absolute atomic E-state index is 0.0205. The molecular weight excluding hydrogens is 976 g/mol. The van der Waals surface area contributed by atoms with E-state index in [0.717, 1.165) is 0 Å². The Labute approximate surface area is 423 Å². The predicted octanol–water partition coefficient (Wildman–Crippen LogP) is -1.17. The number of aliphatic carboxylic acids is 1. The van der Waals surface area contributed by atoms with Gasteiger partial charge >= 0.3 is 13.8 Å². The van der Waals surface area contributed by atoms with Crippen LogP contribution >= 0.6 is 7.82 Å². The van der Waals surface area contributed by atoms with E-state index in [9.17, 15) is 62.3 Å². The van der Waals surface area contributed by atoms with Gasteiger partial charge in [-0.2, -0.15) is 0 Å². The van der Waals surface area contributed by atoms with E-state index in [1.54, 1.807) is 65.0 Å². The summed E-state index contributed by atoms with van der Waals surface area (Å²) in [5, 5.41) is 26.5. The number of carboxylic acids is 1. The minimum Gasteiger partial charge on any atom is -0.481 e. The molecule has 2 unspecified atom stereocenters. The van der Waals surface area contributed by atoms with E-state index in [1.807, 2.05) is 13.8 Å². The van der Waals surface area contributed by atoms with Crippen LogP contribution in [0.4, 0.5) is 0 Å². The highest BCUT2D eigenvalue weighted by Crippen LogP contribution is 2.37. The van der Waals surface area contributed by atoms with E-state index >= 15 is 0 Å². The number of carbonyl (C=O) groups is 10. The van der Waals surface area contributed by atoms with E-state index in [2.05, 4.69) is 41.7 Å². The van der Waals surface area contributed by atoms with Crippen LogP contribution < -0.4 is 58.9 Å². The molecule has 0 fully saturated rings. The van der Waals surface area contributed by atoms with E-state index in [0.29, 0.717) is 5.56 Å². The van der Waals surface area contributed by atoms with Crippen LogP contribution in [0.25, 0.3) is 0 Å². The molecule has 0 aromatic heterocycles. The summed E-state index contributed by atoms with van der Waals surface area (Å²) < 4.78 is 16.1. The second-order valence-corrected chi connectivity index (χ2v) is 19.9. The summed E-state index contributed by atoms with van der Waals surface area (Å²) >= 11 is 0. The van der Waals surface area contributed by atoms with Crippen LogP contribution in [0.15, 0.2) is 54.6 Å². The summed E-state index contributed by atoms with van der Waals surface area (Å²) in [5.74, 6) is -11.3. The van der Waals surface area contributed by atoms with Crippen molar-refractivity contribution >= 4 is 67.0 Å². The number of benzene rings is 2. The first-order valence-electron chi connectivity index (χ1n) is 23.5. The van der Waals surface area contributed by atoms with Gasteiger partial charge in [-0.05, 0) is 60.3 Å². The predicted molar refractivity (Wildman–Crippen MR) is 264 cm³/mol. The molecule has 73 heavy (non-hydrogen) atoms. The number of carboxylic acid groups (broad SMARTS) is 1. The number of primary amides is 2. The van der Waals surface area contributed by atoms with Gasteiger partial charge in [0.05, 0.1) is 19.0 Å². The van der Waals surface area contributed by atoms with Gasteiger partial charge in [0.1, 0.15) is 42.0 Å². The average Bonchev–Trinajstić information content (AvgIpc) is 3.29. The van der Waals surface area contributed by atoms with Crippen molar-refractivity contribution in [3.8, 4) is 5.75 Å². The molecule has 26 heteroatoms. The molecule has 404 valence electrons. The summed E-state index contributed by atoms with van der Waals surface area (Å²) in [6, 6.07) is 3.67. The number of rotatable bonds is 31. The molecular formula is C47H71N10O15P. The summed E-state index contributed by atoms with van der Waals surface area (Å²) in [4.78, 5) is 150. The Morgan fingerprint density at radius 2 is 1.12 bits per heavy atom. The van der Waals surface area contributed by atoms with Crippen molar-refractivity contribution in [3.05, 3.63) is 65.7 Å². The van der Waals surface area contributed by atoms with Gasteiger partial charge in [-0.1, -0.05) is 90.9 Å². The highest BCUT2D eigenvalue weighted by atomic mass is 31.2. The summed E-state index contributed by atoms with van der Waals surface area (Å²) in [6.45, 7) is 11.3. The number of nitrogens with two attached hydrogens (primary N) is 3. The Balaban J connectivity index is 2.58. The van der Waals surface area contributed by atoms with E-state index in [1.165, 1.54) is 24.3 Å². The average molecular weight is 1050 g/mol. The SMILES string of the molecule is CC(C)C[C@H](NC(=O)[C@@H](NC(=O)C(NC(=O)[C@H](Cc1ccc(OP(=O)(O)O)cc1)NC(=O)[C@H](CC(N)=O)NC(=O)[C@H](CC(C)C)NC(=O)CNC(=O)[C@@H](N)CCC(=O)O)C(C)c1ccccc1)C(C)C)C(N)=O. The second kappa shape index (κ2) is 29.5. The zero-order valence-electron chi connectivity index (χ0n) is 41.9. The second-order valence-electron chi connectivity index (χ2n) is 18.7. The van der Waals surface area contributed by atoms with Gasteiger partial charge in [0.15, 0.2) is 0 Å². The number of amides is 9. The third-order valence-corrected chi connectivity index (χ3v) is 11.5. The molecule has 0 radical (unpaired) electrons. The number of phosphoric acid groups is 1. The number of phosphoric ester groups is 1. The van der Waals surface area contributed by atoms with E-state index < -0.39 is 147 Å². The first-order valence-corrected chi connectivity index (χ1v) is 25.0. The first kappa shape index (κ1) is 62.2. The number of nitrogens with one attached hydrogen (secondary N) is 7. The fourth-order valence-electron chi connectivity index (χ4n) is 7.26. The van der Waals surface area contributed by atoms with Gasteiger partial charge < -0.3 is 64.0 Å². The maximum Gasteiger partial charge on any atom is 0.524 e. The quantitative estimate of drug-likeness (QED) is 0.0396. The lowest BCUT2D eigenvalue weighted by Gasteiger charge is -2.31. The fraction of sp³-hybridized carbons (Fsp3) is 0.532. The number of hydrogen-bond donors (Lipinski definition) is 13. The zero-order valence-corrected chi connectivity index (χ0v) is 42.8. The molecule has 0 aliphatic heterocycles. The van der Waals surface area contributed by atoms with Crippen LogP contribution in [-0.2, 0) is 58.9 Å². The largest absolute Gasteiger partial charge is 0.524 e. The minimum atomic E-state index is -4.98. The van der Waals surface area contributed by atoms with Crippen LogP contribution in [0.5, 0.6) is 5.75 Å². The lowest BCUT2D eigenvalue weighted by atomic mass is 9.91. The Kier molecular flexibility index (Phi) is 25.2. The summed E-state index contributed by atoms with van der Waals surface area (Å²) in [6.07, 6.45) is -1.64. The standard InChI is InChI=1S/C47H71N10O15P/c1-24(2)19-32(41(50)62)53-46(67)39(26(5)6)56-47(68)40(27(7)29-11-9-8-10-12-29)57-45(66)34(21-28-13-15-30(16-14-28)72-73(69,70)71)54-44(65)35(22-36(49)58)55-43(64)33(20-25(3)4)52-37(59)23-51-42(63)31(48)17-18-38(60)61/h8-16,24-27,31-35,39-40H,17-23,48H2,1-7H3,(H2,49,58)(H2,50,62)(H,51,63)(H,52,59)(H,53,67)(H,54,65)(H,55,64)(H,56,68)(H,57,66)(H,60,61)(H2,69,70,71)/t27?,31-,32-,33-,34-,35-,39-,40?/m0/s1. The normalized spacial score (nSPS) is 14.7.